The van der Waals surface area contributed by atoms with Crippen LogP contribution in [0.4, 0.5) is 4.39 Å². The van der Waals surface area contributed by atoms with Crippen molar-refractivity contribution in [3.05, 3.63) is 34.4 Å². The highest BCUT2D eigenvalue weighted by Crippen LogP contribution is 2.39. The number of aromatic nitrogens is 2. The topological polar surface area (TPSA) is 76.2 Å². The SMILES string of the molecule is O=C(O)C1CCCC1c1nc(-c2cc(F)cc(Br)c2)no1. The molecule has 0 aliphatic heterocycles. The Morgan fingerprint density at radius 3 is 2.90 bits per heavy atom. The van der Waals surface area contributed by atoms with E-state index < -0.39 is 17.7 Å². The molecule has 1 N–H and O–H groups in total. The van der Waals surface area contributed by atoms with E-state index in [9.17, 15) is 14.3 Å². The predicted molar refractivity (Wildman–Crippen MR) is 75.1 cm³/mol. The Morgan fingerprint density at radius 1 is 1.38 bits per heavy atom. The van der Waals surface area contributed by atoms with Crippen LogP contribution in [-0.4, -0.2) is 21.2 Å². The predicted octanol–water partition coefficient (Wildman–Crippen LogP) is 3.61. The smallest absolute Gasteiger partial charge is 0.307 e. The van der Waals surface area contributed by atoms with Gasteiger partial charge in [0.1, 0.15) is 5.82 Å². The molecule has 1 saturated carbocycles. The van der Waals surface area contributed by atoms with Crippen molar-refractivity contribution >= 4 is 21.9 Å². The first-order valence-corrected chi connectivity index (χ1v) is 7.37. The Hall–Kier alpha value is -1.76. The number of carboxylic acid groups (broad SMARTS) is 1. The summed E-state index contributed by atoms with van der Waals surface area (Å²) >= 11 is 3.21. The molecule has 0 radical (unpaired) electrons. The summed E-state index contributed by atoms with van der Waals surface area (Å²) in [5, 5.41) is 13.0. The minimum atomic E-state index is -0.842. The molecule has 1 aromatic heterocycles. The molecule has 110 valence electrons. The Morgan fingerprint density at radius 2 is 2.19 bits per heavy atom. The van der Waals surface area contributed by atoms with Crippen LogP contribution >= 0.6 is 15.9 Å². The van der Waals surface area contributed by atoms with Gasteiger partial charge in [-0.25, -0.2) is 4.39 Å². The zero-order valence-electron chi connectivity index (χ0n) is 10.9. The van der Waals surface area contributed by atoms with E-state index in [-0.39, 0.29) is 11.7 Å². The molecule has 0 amide bonds. The van der Waals surface area contributed by atoms with Crippen molar-refractivity contribution < 1.29 is 18.8 Å². The Labute approximate surface area is 128 Å². The fraction of sp³-hybridized carbons (Fsp3) is 0.357. The number of benzene rings is 1. The molecule has 2 aromatic rings. The summed E-state index contributed by atoms with van der Waals surface area (Å²) in [6.45, 7) is 0. The molecule has 2 atom stereocenters. The number of carboxylic acids is 1. The van der Waals surface area contributed by atoms with Gasteiger partial charge >= 0.3 is 5.97 Å². The van der Waals surface area contributed by atoms with Gasteiger partial charge in [0.15, 0.2) is 0 Å². The second-order valence-electron chi connectivity index (χ2n) is 5.10. The van der Waals surface area contributed by atoms with E-state index >= 15 is 0 Å². The van der Waals surface area contributed by atoms with E-state index in [4.69, 9.17) is 4.52 Å². The minimum absolute atomic E-state index is 0.263. The number of carbonyl (C=O) groups is 1. The summed E-state index contributed by atoms with van der Waals surface area (Å²) in [6.07, 6.45) is 2.15. The first-order valence-electron chi connectivity index (χ1n) is 6.57. The third-order valence-corrected chi connectivity index (χ3v) is 4.17. The normalized spacial score (nSPS) is 21.6. The monoisotopic (exact) mass is 354 g/mol. The lowest BCUT2D eigenvalue weighted by atomic mass is 9.96. The molecule has 0 saturated heterocycles. The van der Waals surface area contributed by atoms with Gasteiger partial charge in [-0.05, 0) is 31.0 Å². The number of hydrogen-bond donors (Lipinski definition) is 1. The molecular weight excluding hydrogens is 343 g/mol. The second-order valence-corrected chi connectivity index (χ2v) is 6.01. The number of halogens is 2. The van der Waals surface area contributed by atoms with Crippen LogP contribution in [0.3, 0.4) is 0 Å². The lowest BCUT2D eigenvalue weighted by Gasteiger charge is -2.10. The molecule has 0 bridgehead atoms. The van der Waals surface area contributed by atoms with Crippen LogP contribution in [-0.2, 0) is 4.79 Å². The van der Waals surface area contributed by atoms with E-state index in [1.165, 1.54) is 12.1 Å². The first-order chi connectivity index (χ1) is 10.0. The Balaban J connectivity index is 1.91. The average Bonchev–Trinajstić information content (AvgIpc) is 3.06. The van der Waals surface area contributed by atoms with E-state index in [0.29, 0.717) is 28.8 Å². The van der Waals surface area contributed by atoms with Gasteiger partial charge in [0.2, 0.25) is 11.7 Å². The molecule has 5 nitrogen and oxygen atoms in total. The molecule has 1 aliphatic carbocycles. The molecule has 3 rings (SSSR count). The highest BCUT2D eigenvalue weighted by atomic mass is 79.9. The zero-order valence-corrected chi connectivity index (χ0v) is 12.5. The van der Waals surface area contributed by atoms with Gasteiger partial charge < -0.3 is 9.63 Å². The van der Waals surface area contributed by atoms with Crippen LogP contribution in [0.5, 0.6) is 0 Å². The maximum atomic E-state index is 13.4. The molecule has 1 heterocycles. The van der Waals surface area contributed by atoms with Crippen molar-refractivity contribution in [1.82, 2.24) is 10.1 Å². The van der Waals surface area contributed by atoms with E-state index in [0.717, 1.165) is 6.42 Å². The Bertz CT molecular complexity index is 668. The van der Waals surface area contributed by atoms with Crippen molar-refractivity contribution in [2.75, 3.05) is 0 Å². The van der Waals surface area contributed by atoms with Crippen LogP contribution in [0, 0.1) is 11.7 Å². The fourth-order valence-electron chi connectivity index (χ4n) is 2.74. The summed E-state index contributed by atoms with van der Waals surface area (Å²) in [5.41, 5.74) is 0.488. The van der Waals surface area contributed by atoms with E-state index in [1.54, 1.807) is 6.07 Å². The van der Waals surface area contributed by atoms with Crippen molar-refractivity contribution in [2.45, 2.75) is 25.2 Å². The van der Waals surface area contributed by atoms with Crippen LogP contribution < -0.4 is 0 Å². The minimum Gasteiger partial charge on any atom is -0.481 e. The highest BCUT2D eigenvalue weighted by molar-refractivity contribution is 9.10. The van der Waals surface area contributed by atoms with Crippen molar-refractivity contribution in [3.63, 3.8) is 0 Å². The van der Waals surface area contributed by atoms with Gasteiger partial charge in [0, 0.05) is 10.0 Å². The lowest BCUT2D eigenvalue weighted by Crippen LogP contribution is -2.17. The van der Waals surface area contributed by atoms with Crippen LogP contribution in [0.25, 0.3) is 11.4 Å². The quantitative estimate of drug-likeness (QED) is 0.910. The van der Waals surface area contributed by atoms with E-state index in [1.807, 2.05) is 0 Å². The number of aliphatic carboxylic acids is 1. The molecule has 0 spiro atoms. The standard InChI is InChI=1S/C14H12BrFN2O3/c15-8-4-7(5-9(16)6-8)12-17-13(21-18-12)10-2-1-3-11(10)14(19)20/h4-6,10-11H,1-3H2,(H,19,20). The largest absolute Gasteiger partial charge is 0.481 e. The highest BCUT2D eigenvalue weighted by Gasteiger charge is 2.37. The summed E-state index contributed by atoms with van der Waals surface area (Å²) < 4.78 is 19.2. The number of nitrogens with zero attached hydrogens (tertiary/aromatic N) is 2. The first kappa shape index (κ1) is 14.2. The summed E-state index contributed by atoms with van der Waals surface area (Å²) in [4.78, 5) is 15.5. The molecule has 1 aliphatic rings. The summed E-state index contributed by atoms with van der Waals surface area (Å²) in [5.74, 6) is -1.42. The molecule has 21 heavy (non-hydrogen) atoms. The van der Waals surface area contributed by atoms with Crippen molar-refractivity contribution in [2.24, 2.45) is 5.92 Å². The van der Waals surface area contributed by atoms with Gasteiger partial charge in [-0.2, -0.15) is 4.98 Å². The van der Waals surface area contributed by atoms with Gasteiger partial charge in [0.05, 0.1) is 11.8 Å². The van der Waals surface area contributed by atoms with Crippen LogP contribution in [0.2, 0.25) is 0 Å². The number of rotatable bonds is 3. The fourth-order valence-corrected chi connectivity index (χ4v) is 3.20. The van der Waals surface area contributed by atoms with Crippen molar-refractivity contribution in [3.8, 4) is 11.4 Å². The second kappa shape index (κ2) is 5.55. The van der Waals surface area contributed by atoms with Gasteiger partial charge in [-0.15, -0.1) is 0 Å². The zero-order chi connectivity index (χ0) is 15.0. The third-order valence-electron chi connectivity index (χ3n) is 3.71. The summed E-state index contributed by atoms with van der Waals surface area (Å²) in [7, 11) is 0. The molecular formula is C14H12BrFN2O3. The lowest BCUT2D eigenvalue weighted by molar-refractivity contribution is -0.142. The van der Waals surface area contributed by atoms with E-state index in [2.05, 4.69) is 26.1 Å². The molecule has 1 fully saturated rings. The summed E-state index contributed by atoms with van der Waals surface area (Å²) in [6, 6.07) is 4.33. The molecule has 7 heteroatoms. The van der Waals surface area contributed by atoms with Gasteiger partial charge in [-0.1, -0.05) is 27.5 Å². The molecule has 1 aromatic carbocycles. The Kier molecular flexibility index (Phi) is 3.75. The van der Waals surface area contributed by atoms with Gasteiger partial charge in [0.25, 0.3) is 0 Å². The maximum Gasteiger partial charge on any atom is 0.307 e. The number of hydrogen-bond acceptors (Lipinski definition) is 4. The maximum absolute atomic E-state index is 13.4. The molecule has 2 unspecified atom stereocenters. The van der Waals surface area contributed by atoms with Crippen LogP contribution in [0.1, 0.15) is 31.1 Å². The van der Waals surface area contributed by atoms with Crippen LogP contribution in [0.15, 0.2) is 27.2 Å². The third kappa shape index (κ3) is 2.83. The average molecular weight is 355 g/mol. The van der Waals surface area contributed by atoms with Gasteiger partial charge in [-0.3, -0.25) is 4.79 Å². The van der Waals surface area contributed by atoms with Crippen molar-refractivity contribution in [1.29, 1.82) is 0 Å².